The summed E-state index contributed by atoms with van der Waals surface area (Å²) in [4.78, 5) is 26.1. The molecule has 1 atom stereocenters. The summed E-state index contributed by atoms with van der Waals surface area (Å²) in [5, 5.41) is 0. The van der Waals surface area contributed by atoms with Gasteiger partial charge in [0.15, 0.2) is 0 Å². The topological polar surface area (TPSA) is 123 Å². The molecule has 1 aromatic rings. The smallest absolute Gasteiger partial charge is 0.303 e. The Morgan fingerprint density at radius 2 is 1.37 bits per heavy atom. The van der Waals surface area contributed by atoms with E-state index >= 15 is 0 Å². The van der Waals surface area contributed by atoms with Crippen LogP contribution in [0.2, 0.25) is 0 Å². The van der Waals surface area contributed by atoms with Crippen LogP contribution in [0.25, 0.3) is 0 Å². The van der Waals surface area contributed by atoms with E-state index in [9.17, 15) is 9.13 Å². The number of hydrogen-bond acceptors (Lipinski definition) is 5. The van der Waals surface area contributed by atoms with Crippen molar-refractivity contribution < 1.29 is 37.4 Å². The molecule has 0 bridgehead atoms. The number of hydrogen-bond donors (Lipinski definition) is 3. The van der Waals surface area contributed by atoms with E-state index in [0.717, 1.165) is 7.11 Å². The van der Waals surface area contributed by atoms with E-state index in [2.05, 4.69) is 13.6 Å². The van der Waals surface area contributed by atoms with Crippen LogP contribution in [0.3, 0.4) is 0 Å². The van der Waals surface area contributed by atoms with E-state index in [1.165, 1.54) is 0 Å². The van der Waals surface area contributed by atoms with Gasteiger partial charge in [-0.1, -0.05) is 24.3 Å². The van der Waals surface area contributed by atoms with Crippen LogP contribution in [0.4, 0.5) is 0 Å². The molecule has 0 saturated heterocycles. The normalized spacial score (nSPS) is 15.2. The van der Waals surface area contributed by atoms with Gasteiger partial charge in [-0.15, -0.1) is 0 Å². The van der Waals surface area contributed by atoms with E-state index in [4.69, 9.17) is 14.7 Å². The maximum atomic E-state index is 11.0. The fourth-order valence-corrected chi connectivity index (χ4v) is 1.83. The van der Waals surface area contributed by atoms with Crippen molar-refractivity contribution in [1.82, 2.24) is 0 Å². The minimum absolute atomic E-state index is 0.124. The summed E-state index contributed by atoms with van der Waals surface area (Å²) in [5.41, 5.74) is 1.15. The van der Waals surface area contributed by atoms with E-state index in [1.807, 2.05) is 0 Å². The monoisotopic (exact) mass is 312 g/mol. The quantitative estimate of drug-likeness (QED) is 0.648. The molecule has 0 radical (unpaired) electrons. The zero-order chi connectivity index (χ0) is 14.5. The lowest BCUT2D eigenvalue weighted by molar-refractivity contribution is 0.166. The van der Waals surface area contributed by atoms with Crippen molar-refractivity contribution in [2.75, 3.05) is 7.11 Å². The molecule has 1 rings (SSSR count). The maximum absolute atomic E-state index is 11.0. The Bertz CT molecular complexity index is 493. The molecule has 0 heterocycles. The van der Waals surface area contributed by atoms with Crippen LogP contribution in [0.15, 0.2) is 24.3 Å². The lowest BCUT2D eigenvalue weighted by Crippen LogP contribution is -1.95. The standard InChI is InChI=1S/C9H14O8P2/c1-15-19(13,14)17-7-9-4-2-8(3-5-9)6-16-18(10,11)12/h2-5H,6-7H2,1H3,(H,13,14)(H2,10,11,12). The fourth-order valence-electron chi connectivity index (χ4n) is 1.10. The Hall–Kier alpha value is -0.560. The predicted molar refractivity (Wildman–Crippen MR) is 64.9 cm³/mol. The van der Waals surface area contributed by atoms with Gasteiger partial charge in [0.2, 0.25) is 0 Å². The van der Waals surface area contributed by atoms with Crippen molar-refractivity contribution in [1.29, 1.82) is 0 Å². The molecule has 8 nitrogen and oxygen atoms in total. The van der Waals surface area contributed by atoms with E-state index in [0.29, 0.717) is 11.1 Å². The highest BCUT2D eigenvalue weighted by Gasteiger charge is 2.18. The van der Waals surface area contributed by atoms with Crippen molar-refractivity contribution in [3.8, 4) is 0 Å². The lowest BCUT2D eigenvalue weighted by atomic mass is 10.1. The molecule has 19 heavy (non-hydrogen) atoms. The number of rotatable bonds is 7. The van der Waals surface area contributed by atoms with Gasteiger partial charge in [-0.3, -0.25) is 13.6 Å². The van der Waals surface area contributed by atoms with Crippen LogP contribution in [0, 0.1) is 0 Å². The number of phosphoric acid groups is 2. The molecule has 1 aromatic carbocycles. The molecule has 1 unspecified atom stereocenters. The van der Waals surface area contributed by atoms with E-state index in [1.54, 1.807) is 24.3 Å². The van der Waals surface area contributed by atoms with Gasteiger partial charge in [-0.2, -0.15) is 0 Å². The second-order valence-electron chi connectivity index (χ2n) is 3.51. The molecule has 0 spiro atoms. The van der Waals surface area contributed by atoms with Gasteiger partial charge in [0.05, 0.1) is 13.2 Å². The summed E-state index contributed by atoms with van der Waals surface area (Å²) in [6.07, 6.45) is 0. The van der Waals surface area contributed by atoms with Crippen LogP contribution in [-0.4, -0.2) is 21.8 Å². The largest absolute Gasteiger partial charge is 0.472 e. The van der Waals surface area contributed by atoms with Gasteiger partial charge in [-0.25, -0.2) is 9.13 Å². The third kappa shape index (κ3) is 6.96. The van der Waals surface area contributed by atoms with Crippen LogP contribution >= 0.6 is 15.6 Å². The summed E-state index contributed by atoms with van der Waals surface area (Å²) in [7, 11) is -7.45. The van der Waals surface area contributed by atoms with Crippen molar-refractivity contribution in [2.45, 2.75) is 13.2 Å². The summed E-state index contributed by atoms with van der Waals surface area (Å²) in [5.74, 6) is 0. The number of benzene rings is 1. The van der Waals surface area contributed by atoms with Crippen LogP contribution in [0.5, 0.6) is 0 Å². The zero-order valence-electron chi connectivity index (χ0n) is 10.0. The summed E-state index contributed by atoms with van der Waals surface area (Å²) in [6.45, 7) is -0.358. The van der Waals surface area contributed by atoms with E-state index < -0.39 is 15.6 Å². The molecule has 0 aromatic heterocycles. The Kier molecular flexibility index (Phi) is 5.85. The van der Waals surface area contributed by atoms with Gasteiger partial charge in [0.25, 0.3) is 0 Å². The second-order valence-corrected chi connectivity index (χ2v) is 6.30. The Balaban J connectivity index is 2.52. The van der Waals surface area contributed by atoms with Crippen LogP contribution < -0.4 is 0 Å². The van der Waals surface area contributed by atoms with Crippen LogP contribution in [0.1, 0.15) is 11.1 Å². The summed E-state index contributed by atoms with van der Waals surface area (Å²) >= 11 is 0. The molecule has 10 heteroatoms. The second kappa shape index (κ2) is 6.74. The zero-order valence-corrected chi connectivity index (χ0v) is 11.8. The van der Waals surface area contributed by atoms with Gasteiger partial charge in [0.1, 0.15) is 0 Å². The van der Waals surface area contributed by atoms with Crippen molar-refractivity contribution in [2.24, 2.45) is 0 Å². The van der Waals surface area contributed by atoms with Crippen molar-refractivity contribution in [3.63, 3.8) is 0 Å². The Morgan fingerprint density at radius 1 is 0.947 bits per heavy atom. The van der Waals surface area contributed by atoms with Crippen LogP contribution in [-0.2, 0) is 35.9 Å². The number of phosphoric ester groups is 2. The Morgan fingerprint density at radius 3 is 1.74 bits per heavy atom. The van der Waals surface area contributed by atoms with Gasteiger partial charge < -0.3 is 14.7 Å². The van der Waals surface area contributed by atoms with Gasteiger partial charge in [-0.05, 0) is 11.1 Å². The lowest BCUT2D eigenvalue weighted by Gasteiger charge is -2.09. The molecule has 0 aliphatic heterocycles. The molecule has 108 valence electrons. The molecule has 3 N–H and O–H groups in total. The van der Waals surface area contributed by atoms with Crippen molar-refractivity contribution >= 4 is 15.6 Å². The van der Waals surface area contributed by atoms with E-state index in [-0.39, 0.29) is 13.2 Å². The Labute approximate surface area is 109 Å². The first-order valence-electron chi connectivity index (χ1n) is 5.03. The predicted octanol–water partition coefficient (Wildman–Crippen LogP) is 1.56. The highest BCUT2D eigenvalue weighted by Crippen LogP contribution is 2.42. The molecule has 0 amide bonds. The molecule has 0 aliphatic carbocycles. The maximum Gasteiger partial charge on any atom is 0.472 e. The molecular weight excluding hydrogens is 298 g/mol. The minimum atomic E-state index is -4.49. The van der Waals surface area contributed by atoms with Crippen molar-refractivity contribution in [3.05, 3.63) is 35.4 Å². The molecule has 0 aliphatic rings. The highest BCUT2D eigenvalue weighted by atomic mass is 31.2. The first kappa shape index (κ1) is 16.5. The van der Waals surface area contributed by atoms with Gasteiger partial charge >= 0.3 is 15.6 Å². The first-order valence-corrected chi connectivity index (χ1v) is 8.05. The first-order chi connectivity index (χ1) is 8.72. The highest BCUT2D eigenvalue weighted by molar-refractivity contribution is 7.47. The molecule has 0 saturated carbocycles. The average molecular weight is 312 g/mol. The van der Waals surface area contributed by atoms with Gasteiger partial charge in [0, 0.05) is 7.11 Å². The SMILES string of the molecule is COP(=O)(O)OCc1ccc(COP(=O)(O)O)cc1. The summed E-state index contributed by atoms with van der Waals surface area (Å²) in [6, 6.07) is 6.27. The average Bonchev–Trinajstić information content (AvgIpc) is 2.34. The molecule has 0 fully saturated rings. The third-order valence-corrected chi connectivity index (χ3v) is 3.43. The minimum Gasteiger partial charge on any atom is -0.303 e. The molecular formula is C9H14O8P2. The summed E-state index contributed by atoms with van der Waals surface area (Å²) < 4.78 is 34.7. The fraction of sp³-hybridized carbons (Fsp3) is 0.333. The third-order valence-electron chi connectivity index (χ3n) is 2.05.